The van der Waals surface area contributed by atoms with Crippen molar-refractivity contribution in [2.75, 3.05) is 7.11 Å². The number of aryl methyl sites for hydroxylation is 1. The predicted molar refractivity (Wildman–Crippen MR) is 109 cm³/mol. The second-order valence-electron chi connectivity index (χ2n) is 6.44. The van der Waals surface area contributed by atoms with Crippen molar-refractivity contribution in [3.8, 4) is 0 Å². The summed E-state index contributed by atoms with van der Waals surface area (Å²) in [6.07, 6.45) is -0.00728. The third-order valence-electron chi connectivity index (χ3n) is 4.19. The summed E-state index contributed by atoms with van der Waals surface area (Å²) < 4.78 is 5.69. The lowest BCUT2D eigenvalue weighted by Gasteiger charge is -2.21. The lowest BCUT2D eigenvalue weighted by molar-refractivity contribution is -0.145. The minimum Gasteiger partial charge on any atom is -0.467 e. The van der Waals surface area contributed by atoms with E-state index in [4.69, 9.17) is 4.74 Å². The lowest BCUT2D eigenvalue weighted by atomic mass is 10.0. The summed E-state index contributed by atoms with van der Waals surface area (Å²) in [4.78, 5) is 36.4. The molecule has 0 aliphatic carbocycles. The summed E-state index contributed by atoms with van der Waals surface area (Å²) in [6.45, 7) is 3.36. The first-order valence-corrected chi connectivity index (χ1v) is 9.55. The number of carbonyl (C=O) groups excluding carboxylic acids is 3. The van der Waals surface area contributed by atoms with E-state index >= 15 is 0 Å². The standard InChI is InChI=1S/C21H23BrN2O4/c1-13-4-6-15(7-5-13)18(23-14(2)25)12-19(26)24-20(21(27)28-3)16-8-10-17(22)11-9-16/h4-11,18,20H,12H2,1-3H3,(H,23,25)(H,24,26). The smallest absolute Gasteiger partial charge is 0.333 e. The molecule has 2 rings (SSSR count). The van der Waals surface area contributed by atoms with Crippen LogP contribution in [0.2, 0.25) is 0 Å². The third kappa shape index (κ3) is 6.20. The Labute approximate surface area is 172 Å². The molecule has 0 spiro atoms. The maximum absolute atomic E-state index is 12.7. The maximum atomic E-state index is 12.7. The zero-order valence-electron chi connectivity index (χ0n) is 16.0. The van der Waals surface area contributed by atoms with Gasteiger partial charge in [0.05, 0.1) is 19.6 Å². The van der Waals surface area contributed by atoms with Crippen LogP contribution in [0.5, 0.6) is 0 Å². The summed E-state index contributed by atoms with van der Waals surface area (Å²) in [5.74, 6) is -1.18. The summed E-state index contributed by atoms with van der Waals surface area (Å²) in [7, 11) is 1.27. The normalized spacial score (nSPS) is 12.6. The number of amides is 2. The number of nitrogens with one attached hydrogen (secondary N) is 2. The number of methoxy groups -OCH3 is 1. The van der Waals surface area contributed by atoms with Crippen molar-refractivity contribution in [3.05, 3.63) is 69.7 Å². The van der Waals surface area contributed by atoms with Gasteiger partial charge in [0.25, 0.3) is 0 Å². The fourth-order valence-electron chi connectivity index (χ4n) is 2.75. The van der Waals surface area contributed by atoms with Gasteiger partial charge in [0, 0.05) is 11.4 Å². The highest BCUT2D eigenvalue weighted by molar-refractivity contribution is 9.10. The molecule has 0 heterocycles. The van der Waals surface area contributed by atoms with Crippen molar-refractivity contribution in [2.24, 2.45) is 0 Å². The van der Waals surface area contributed by atoms with E-state index in [1.165, 1.54) is 14.0 Å². The molecule has 2 unspecified atom stereocenters. The lowest BCUT2D eigenvalue weighted by Crippen LogP contribution is -2.37. The first kappa shape index (κ1) is 21.6. The Bertz CT molecular complexity index is 834. The Morgan fingerprint density at radius 2 is 1.54 bits per heavy atom. The number of esters is 1. The topological polar surface area (TPSA) is 84.5 Å². The Kier molecular flexibility index (Phi) is 7.75. The van der Waals surface area contributed by atoms with Crippen molar-refractivity contribution in [3.63, 3.8) is 0 Å². The SMILES string of the molecule is COC(=O)C(NC(=O)CC(NC(C)=O)c1ccc(C)cc1)c1ccc(Br)cc1. The first-order chi connectivity index (χ1) is 13.3. The second-order valence-corrected chi connectivity index (χ2v) is 7.36. The van der Waals surface area contributed by atoms with Crippen LogP contribution in [-0.4, -0.2) is 24.9 Å². The largest absolute Gasteiger partial charge is 0.467 e. The molecule has 6 nitrogen and oxygen atoms in total. The number of benzene rings is 2. The Morgan fingerprint density at radius 3 is 2.07 bits per heavy atom. The van der Waals surface area contributed by atoms with Gasteiger partial charge in [-0.1, -0.05) is 57.9 Å². The number of rotatable bonds is 7. The van der Waals surface area contributed by atoms with E-state index in [1.54, 1.807) is 24.3 Å². The van der Waals surface area contributed by atoms with Crippen molar-refractivity contribution in [2.45, 2.75) is 32.4 Å². The van der Waals surface area contributed by atoms with Crippen LogP contribution in [0.25, 0.3) is 0 Å². The second kappa shape index (κ2) is 10.0. The van der Waals surface area contributed by atoms with Crippen LogP contribution in [0.4, 0.5) is 0 Å². The molecule has 0 saturated carbocycles. The molecular weight excluding hydrogens is 424 g/mol. The molecule has 0 aliphatic rings. The quantitative estimate of drug-likeness (QED) is 0.638. The van der Waals surface area contributed by atoms with Gasteiger partial charge in [-0.15, -0.1) is 0 Å². The molecule has 0 saturated heterocycles. The summed E-state index contributed by atoms with van der Waals surface area (Å²) in [5.41, 5.74) is 2.50. The van der Waals surface area contributed by atoms with E-state index in [0.717, 1.165) is 15.6 Å². The number of halogens is 1. The van der Waals surface area contributed by atoms with Gasteiger partial charge in [0.1, 0.15) is 0 Å². The molecule has 148 valence electrons. The van der Waals surface area contributed by atoms with E-state index in [9.17, 15) is 14.4 Å². The summed E-state index contributed by atoms with van der Waals surface area (Å²) >= 11 is 3.34. The molecule has 0 fully saturated rings. The van der Waals surface area contributed by atoms with Gasteiger partial charge in [-0.3, -0.25) is 9.59 Å². The third-order valence-corrected chi connectivity index (χ3v) is 4.72. The van der Waals surface area contributed by atoms with Gasteiger partial charge >= 0.3 is 5.97 Å². The Balaban J connectivity index is 2.18. The van der Waals surface area contributed by atoms with E-state index in [-0.39, 0.29) is 18.2 Å². The summed E-state index contributed by atoms with van der Waals surface area (Å²) in [6, 6.07) is 13.2. The van der Waals surface area contributed by atoms with Gasteiger partial charge in [-0.05, 0) is 30.2 Å². The number of hydrogen-bond donors (Lipinski definition) is 2. The van der Waals surface area contributed by atoms with Crippen LogP contribution in [-0.2, 0) is 19.1 Å². The van der Waals surface area contributed by atoms with Crippen LogP contribution in [0.15, 0.2) is 53.0 Å². The fraction of sp³-hybridized carbons (Fsp3) is 0.286. The first-order valence-electron chi connectivity index (χ1n) is 8.76. The van der Waals surface area contributed by atoms with Crippen LogP contribution in [0.3, 0.4) is 0 Å². The molecule has 2 aromatic carbocycles. The molecule has 2 atom stereocenters. The van der Waals surface area contributed by atoms with Gasteiger partial charge < -0.3 is 15.4 Å². The Hall–Kier alpha value is -2.67. The zero-order valence-corrected chi connectivity index (χ0v) is 17.6. The highest BCUT2D eigenvalue weighted by Crippen LogP contribution is 2.21. The number of hydrogen-bond acceptors (Lipinski definition) is 4. The van der Waals surface area contributed by atoms with Crippen LogP contribution in [0.1, 0.15) is 42.1 Å². The Morgan fingerprint density at radius 1 is 0.964 bits per heavy atom. The number of carbonyl (C=O) groups is 3. The van der Waals surface area contributed by atoms with Crippen LogP contribution < -0.4 is 10.6 Å². The fourth-order valence-corrected chi connectivity index (χ4v) is 3.02. The van der Waals surface area contributed by atoms with Gasteiger partial charge in [-0.25, -0.2) is 4.79 Å². The molecule has 2 amide bonds. The summed E-state index contributed by atoms with van der Waals surface area (Å²) in [5, 5.41) is 5.50. The van der Waals surface area contributed by atoms with E-state index < -0.39 is 18.1 Å². The van der Waals surface area contributed by atoms with Crippen molar-refractivity contribution in [1.82, 2.24) is 10.6 Å². The minimum atomic E-state index is -0.929. The maximum Gasteiger partial charge on any atom is 0.333 e. The van der Waals surface area contributed by atoms with E-state index in [2.05, 4.69) is 26.6 Å². The monoisotopic (exact) mass is 446 g/mol. The average molecular weight is 447 g/mol. The van der Waals surface area contributed by atoms with Gasteiger partial charge in [0.15, 0.2) is 6.04 Å². The molecule has 0 aliphatic heterocycles. The molecule has 2 aromatic rings. The predicted octanol–water partition coefficient (Wildman–Crippen LogP) is 3.36. The highest BCUT2D eigenvalue weighted by Gasteiger charge is 2.25. The van der Waals surface area contributed by atoms with Crippen molar-refractivity contribution < 1.29 is 19.1 Å². The van der Waals surface area contributed by atoms with Gasteiger partial charge in [-0.2, -0.15) is 0 Å². The molecule has 2 N–H and O–H groups in total. The molecule has 0 aromatic heterocycles. The van der Waals surface area contributed by atoms with Crippen LogP contribution >= 0.6 is 15.9 Å². The number of ether oxygens (including phenoxy) is 1. The molecular formula is C21H23BrN2O4. The minimum absolute atomic E-state index is 0.00728. The highest BCUT2D eigenvalue weighted by atomic mass is 79.9. The van der Waals surface area contributed by atoms with E-state index in [0.29, 0.717) is 5.56 Å². The molecule has 7 heteroatoms. The van der Waals surface area contributed by atoms with Crippen LogP contribution in [0, 0.1) is 6.92 Å². The molecule has 0 radical (unpaired) electrons. The van der Waals surface area contributed by atoms with Crippen molar-refractivity contribution >= 4 is 33.7 Å². The van der Waals surface area contributed by atoms with Gasteiger partial charge in [0.2, 0.25) is 11.8 Å². The molecule has 28 heavy (non-hydrogen) atoms. The molecule has 0 bridgehead atoms. The van der Waals surface area contributed by atoms with E-state index in [1.807, 2.05) is 31.2 Å². The van der Waals surface area contributed by atoms with Crippen molar-refractivity contribution in [1.29, 1.82) is 0 Å². The zero-order chi connectivity index (χ0) is 20.7. The average Bonchev–Trinajstić information content (AvgIpc) is 2.66.